The topological polar surface area (TPSA) is 18.5 Å². The molecule has 19 heavy (non-hydrogen) atoms. The largest absolute Gasteiger partial charge is 0.384 e. The number of rotatable bonds is 8. The summed E-state index contributed by atoms with van der Waals surface area (Å²) in [4.78, 5) is 4.77. The highest BCUT2D eigenvalue weighted by Crippen LogP contribution is 2.08. The summed E-state index contributed by atoms with van der Waals surface area (Å²) in [7, 11) is 4.27. The molecular formula is C16H29N3. The Kier molecular flexibility index (Phi) is 6.89. The normalized spacial score (nSPS) is 13.0. The predicted octanol–water partition coefficient (Wildman–Crippen LogP) is 2.68. The highest BCUT2D eigenvalue weighted by molar-refractivity contribution is 5.44. The minimum absolute atomic E-state index is 0.597. The van der Waals surface area contributed by atoms with Gasteiger partial charge in [0.15, 0.2) is 0 Å². The molecule has 3 heteroatoms. The van der Waals surface area contributed by atoms with Crippen LogP contribution in [0, 0.1) is 6.92 Å². The van der Waals surface area contributed by atoms with E-state index in [2.05, 4.69) is 74.2 Å². The zero-order chi connectivity index (χ0) is 14.3. The Labute approximate surface area is 118 Å². The third-order valence-electron chi connectivity index (χ3n) is 3.44. The van der Waals surface area contributed by atoms with Crippen LogP contribution < -0.4 is 5.32 Å². The summed E-state index contributed by atoms with van der Waals surface area (Å²) in [6.07, 6.45) is 0. The molecule has 0 fully saturated rings. The van der Waals surface area contributed by atoms with Crippen molar-refractivity contribution in [3.8, 4) is 0 Å². The molecular weight excluding hydrogens is 234 g/mol. The summed E-state index contributed by atoms with van der Waals surface area (Å²) in [5.74, 6) is 0. The zero-order valence-corrected chi connectivity index (χ0v) is 13.1. The van der Waals surface area contributed by atoms with E-state index in [-0.39, 0.29) is 0 Å². The lowest BCUT2D eigenvalue weighted by Crippen LogP contribution is -2.42. The van der Waals surface area contributed by atoms with Crippen LogP contribution in [0.4, 0.5) is 5.69 Å². The molecule has 1 unspecified atom stereocenters. The monoisotopic (exact) mass is 263 g/mol. The van der Waals surface area contributed by atoms with Crippen LogP contribution in [-0.2, 0) is 0 Å². The first kappa shape index (κ1) is 16.0. The van der Waals surface area contributed by atoms with Crippen LogP contribution in [0.2, 0.25) is 0 Å². The van der Waals surface area contributed by atoms with Gasteiger partial charge >= 0.3 is 0 Å². The second-order valence-corrected chi connectivity index (χ2v) is 5.53. The van der Waals surface area contributed by atoms with Crippen molar-refractivity contribution in [1.82, 2.24) is 9.80 Å². The van der Waals surface area contributed by atoms with Gasteiger partial charge in [-0.1, -0.05) is 24.6 Å². The van der Waals surface area contributed by atoms with E-state index in [1.54, 1.807) is 0 Å². The molecule has 0 saturated heterocycles. The van der Waals surface area contributed by atoms with E-state index < -0.39 is 0 Å². The quantitative estimate of drug-likeness (QED) is 0.778. The first-order valence-electron chi connectivity index (χ1n) is 7.22. The second-order valence-electron chi connectivity index (χ2n) is 5.53. The van der Waals surface area contributed by atoms with E-state index in [9.17, 15) is 0 Å². The van der Waals surface area contributed by atoms with Crippen molar-refractivity contribution in [2.75, 3.05) is 45.6 Å². The third-order valence-corrected chi connectivity index (χ3v) is 3.44. The van der Waals surface area contributed by atoms with Crippen molar-refractivity contribution in [3.63, 3.8) is 0 Å². The number of nitrogens with zero attached hydrogens (tertiary/aromatic N) is 2. The molecule has 3 nitrogen and oxygen atoms in total. The van der Waals surface area contributed by atoms with Gasteiger partial charge < -0.3 is 10.2 Å². The minimum atomic E-state index is 0.597. The summed E-state index contributed by atoms with van der Waals surface area (Å²) < 4.78 is 0. The van der Waals surface area contributed by atoms with Crippen molar-refractivity contribution in [3.05, 3.63) is 29.8 Å². The van der Waals surface area contributed by atoms with E-state index in [4.69, 9.17) is 0 Å². The Morgan fingerprint density at radius 2 is 1.79 bits per heavy atom. The van der Waals surface area contributed by atoms with Gasteiger partial charge in [-0.25, -0.2) is 0 Å². The van der Waals surface area contributed by atoms with Crippen molar-refractivity contribution < 1.29 is 0 Å². The molecule has 1 aromatic rings. The van der Waals surface area contributed by atoms with Gasteiger partial charge in [-0.05, 0) is 46.6 Å². The van der Waals surface area contributed by atoms with Crippen LogP contribution in [0.3, 0.4) is 0 Å². The fraction of sp³-hybridized carbons (Fsp3) is 0.625. The molecule has 0 saturated carbocycles. The maximum Gasteiger partial charge on any atom is 0.0340 e. The molecule has 1 atom stereocenters. The molecule has 0 bridgehead atoms. The average Bonchev–Trinajstić information content (AvgIpc) is 2.36. The van der Waals surface area contributed by atoms with Gasteiger partial charge in [0.1, 0.15) is 0 Å². The Bertz CT molecular complexity index is 346. The number of nitrogens with one attached hydrogen (secondary N) is 1. The number of likely N-dealkylation sites (N-methyl/N-ethyl adjacent to an activating group) is 2. The van der Waals surface area contributed by atoms with Gasteiger partial charge in [0.2, 0.25) is 0 Å². The van der Waals surface area contributed by atoms with Crippen LogP contribution in [0.5, 0.6) is 0 Å². The second kappa shape index (κ2) is 8.18. The maximum atomic E-state index is 3.49. The van der Waals surface area contributed by atoms with Gasteiger partial charge in [-0.3, -0.25) is 4.90 Å². The molecule has 0 aliphatic heterocycles. The van der Waals surface area contributed by atoms with Crippen LogP contribution >= 0.6 is 0 Å². The summed E-state index contributed by atoms with van der Waals surface area (Å²) >= 11 is 0. The molecule has 108 valence electrons. The smallest absolute Gasteiger partial charge is 0.0340 e. The standard InChI is InChI=1S/C16H29N3/c1-6-19(15(3)13-18(4)5)12-11-17-16-9-7-14(2)8-10-16/h7-10,15,17H,6,11-13H2,1-5H3. The predicted molar refractivity (Wildman–Crippen MR) is 84.9 cm³/mol. The first-order valence-corrected chi connectivity index (χ1v) is 7.22. The van der Waals surface area contributed by atoms with E-state index in [0.29, 0.717) is 6.04 Å². The van der Waals surface area contributed by atoms with Crippen LogP contribution in [0.15, 0.2) is 24.3 Å². The van der Waals surface area contributed by atoms with Crippen molar-refractivity contribution in [1.29, 1.82) is 0 Å². The van der Waals surface area contributed by atoms with Gasteiger partial charge in [0.25, 0.3) is 0 Å². The van der Waals surface area contributed by atoms with Crippen molar-refractivity contribution >= 4 is 5.69 Å². The molecule has 0 amide bonds. The Morgan fingerprint density at radius 1 is 1.16 bits per heavy atom. The number of anilines is 1. The summed E-state index contributed by atoms with van der Waals surface area (Å²) in [6.45, 7) is 10.9. The van der Waals surface area contributed by atoms with E-state index in [1.807, 2.05) is 0 Å². The lowest BCUT2D eigenvalue weighted by molar-refractivity contribution is 0.188. The van der Waals surface area contributed by atoms with Gasteiger partial charge in [-0.15, -0.1) is 0 Å². The molecule has 0 radical (unpaired) electrons. The molecule has 0 aromatic heterocycles. The van der Waals surface area contributed by atoms with Crippen LogP contribution in [0.25, 0.3) is 0 Å². The Balaban J connectivity index is 2.35. The molecule has 0 aliphatic carbocycles. The number of hydrogen-bond acceptors (Lipinski definition) is 3. The zero-order valence-electron chi connectivity index (χ0n) is 13.1. The molecule has 1 aromatic carbocycles. The summed E-state index contributed by atoms with van der Waals surface area (Å²) in [5, 5.41) is 3.49. The lowest BCUT2D eigenvalue weighted by Gasteiger charge is -2.30. The van der Waals surface area contributed by atoms with Crippen LogP contribution in [0.1, 0.15) is 19.4 Å². The number of benzene rings is 1. The van der Waals surface area contributed by atoms with Gasteiger partial charge in [0.05, 0.1) is 0 Å². The number of hydrogen-bond donors (Lipinski definition) is 1. The maximum absolute atomic E-state index is 3.49. The lowest BCUT2D eigenvalue weighted by atomic mass is 10.2. The Morgan fingerprint density at radius 3 is 2.32 bits per heavy atom. The average molecular weight is 263 g/mol. The van der Waals surface area contributed by atoms with E-state index >= 15 is 0 Å². The van der Waals surface area contributed by atoms with Gasteiger partial charge in [-0.2, -0.15) is 0 Å². The van der Waals surface area contributed by atoms with Crippen molar-refractivity contribution in [2.45, 2.75) is 26.8 Å². The fourth-order valence-corrected chi connectivity index (χ4v) is 2.35. The highest BCUT2D eigenvalue weighted by Gasteiger charge is 2.11. The number of aryl methyl sites for hydroxylation is 1. The fourth-order valence-electron chi connectivity index (χ4n) is 2.35. The molecule has 0 spiro atoms. The molecule has 1 N–H and O–H groups in total. The molecule has 1 rings (SSSR count). The first-order chi connectivity index (χ1) is 9.02. The van der Waals surface area contributed by atoms with E-state index in [0.717, 1.165) is 26.2 Å². The SMILES string of the molecule is CCN(CCNc1ccc(C)cc1)C(C)CN(C)C. The van der Waals surface area contributed by atoms with Crippen LogP contribution in [-0.4, -0.2) is 56.1 Å². The minimum Gasteiger partial charge on any atom is -0.384 e. The van der Waals surface area contributed by atoms with E-state index in [1.165, 1.54) is 11.3 Å². The van der Waals surface area contributed by atoms with Gasteiger partial charge in [0, 0.05) is 31.4 Å². The third kappa shape index (κ3) is 6.08. The molecule has 0 heterocycles. The van der Waals surface area contributed by atoms with Crippen molar-refractivity contribution in [2.24, 2.45) is 0 Å². The summed E-state index contributed by atoms with van der Waals surface area (Å²) in [6, 6.07) is 9.19. The Hall–Kier alpha value is -1.06. The highest BCUT2D eigenvalue weighted by atomic mass is 15.2. The summed E-state index contributed by atoms with van der Waals surface area (Å²) in [5.41, 5.74) is 2.52. The molecule has 0 aliphatic rings.